The number of carboxylic acid groups (broad SMARTS) is 1. The van der Waals surface area contributed by atoms with E-state index in [1.54, 1.807) is 13.8 Å². The molecule has 0 spiro atoms. The summed E-state index contributed by atoms with van der Waals surface area (Å²) in [5.74, 6) is -2.51. The van der Waals surface area contributed by atoms with Crippen LogP contribution in [0.4, 0.5) is 0 Å². The molecule has 13 heavy (non-hydrogen) atoms. The number of methoxy groups -OCH3 is 1. The first-order chi connectivity index (χ1) is 6.08. The molecule has 0 aromatic carbocycles. The smallest absolute Gasteiger partial charge is 0.309 e. The molecule has 0 aromatic heterocycles. The lowest BCUT2D eigenvalue weighted by Gasteiger charge is -2.18. The van der Waals surface area contributed by atoms with E-state index in [1.165, 1.54) is 7.11 Å². The molecule has 0 bridgehead atoms. The number of carbonyl (C=O) groups is 2. The van der Waals surface area contributed by atoms with Crippen molar-refractivity contribution in [2.45, 2.75) is 26.7 Å². The van der Waals surface area contributed by atoms with Crippen LogP contribution in [0.15, 0.2) is 0 Å². The molecule has 0 aliphatic rings. The zero-order valence-electron chi connectivity index (χ0n) is 8.24. The minimum absolute atomic E-state index is 0.434. The molecule has 0 amide bonds. The molecule has 4 nitrogen and oxygen atoms in total. The van der Waals surface area contributed by atoms with Crippen LogP contribution in [0.1, 0.15) is 26.7 Å². The Kier molecular flexibility index (Phi) is 5.11. The van der Waals surface area contributed by atoms with Gasteiger partial charge < -0.3 is 9.84 Å². The molecule has 2 atom stereocenters. The Bertz CT molecular complexity index is 188. The van der Waals surface area contributed by atoms with Crippen molar-refractivity contribution in [1.29, 1.82) is 0 Å². The van der Waals surface area contributed by atoms with Gasteiger partial charge in [-0.15, -0.1) is 0 Å². The van der Waals surface area contributed by atoms with E-state index in [0.29, 0.717) is 12.8 Å². The normalized spacial score (nSPS) is 14.7. The van der Waals surface area contributed by atoms with Crippen LogP contribution in [-0.4, -0.2) is 24.2 Å². The number of ether oxygens (including phenoxy) is 1. The third-order valence-electron chi connectivity index (χ3n) is 2.19. The number of aliphatic carboxylic acids is 1. The molecule has 0 aliphatic heterocycles. The van der Waals surface area contributed by atoms with Gasteiger partial charge in [0.15, 0.2) is 0 Å². The first kappa shape index (κ1) is 11.9. The van der Waals surface area contributed by atoms with Crippen LogP contribution in [0.25, 0.3) is 0 Å². The van der Waals surface area contributed by atoms with Gasteiger partial charge in [-0.25, -0.2) is 0 Å². The second-order valence-corrected chi connectivity index (χ2v) is 2.89. The molecular formula is C9H16O4. The Morgan fingerprint density at radius 1 is 1.23 bits per heavy atom. The van der Waals surface area contributed by atoms with Gasteiger partial charge in [-0.3, -0.25) is 9.59 Å². The molecular weight excluding hydrogens is 172 g/mol. The second kappa shape index (κ2) is 5.56. The third-order valence-corrected chi connectivity index (χ3v) is 2.19. The van der Waals surface area contributed by atoms with Gasteiger partial charge in [0.1, 0.15) is 0 Å². The fraction of sp³-hybridized carbons (Fsp3) is 0.778. The van der Waals surface area contributed by atoms with Gasteiger partial charge in [0.05, 0.1) is 18.9 Å². The van der Waals surface area contributed by atoms with Crippen molar-refractivity contribution in [1.82, 2.24) is 0 Å². The molecule has 1 N–H and O–H groups in total. The Morgan fingerprint density at radius 3 is 1.92 bits per heavy atom. The van der Waals surface area contributed by atoms with E-state index in [0.717, 1.165) is 0 Å². The summed E-state index contributed by atoms with van der Waals surface area (Å²) in [6.45, 7) is 3.54. The van der Waals surface area contributed by atoms with E-state index < -0.39 is 23.8 Å². The summed E-state index contributed by atoms with van der Waals surface area (Å²) in [5.41, 5.74) is 0. The lowest BCUT2D eigenvalue weighted by molar-refractivity contribution is -0.156. The highest BCUT2D eigenvalue weighted by Crippen LogP contribution is 2.20. The maximum Gasteiger partial charge on any atom is 0.309 e. The number of hydrogen-bond donors (Lipinski definition) is 1. The number of hydrogen-bond acceptors (Lipinski definition) is 3. The lowest BCUT2D eigenvalue weighted by atomic mass is 9.88. The van der Waals surface area contributed by atoms with Crippen molar-refractivity contribution < 1.29 is 19.4 Å². The Morgan fingerprint density at radius 2 is 1.69 bits per heavy atom. The molecule has 0 aliphatic carbocycles. The van der Waals surface area contributed by atoms with Crippen LogP contribution < -0.4 is 0 Å². The second-order valence-electron chi connectivity index (χ2n) is 2.89. The minimum atomic E-state index is -0.931. The SMILES string of the molecule is CC[C@@H](C(=O)O)[C@@H](CC)C(=O)OC. The standard InChI is InChI=1S/C9H16O4/c1-4-6(8(10)11)7(5-2)9(12)13-3/h6-7H,4-5H2,1-3H3,(H,10,11)/t6-,7-/m1/s1. The molecule has 0 saturated heterocycles. The summed E-state index contributed by atoms with van der Waals surface area (Å²) in [6.07, 6.45) is 0.945. The number of carbonyl (C=O) groups excluding carboxylic acids is 1. The summed E-state index contributed by atoms with van der Waals surface area (Å²) in [7, 11) is 1.28. The number of esters is 1. The number of carboxylic acids is 1. The zero-order valence-corrected chi connectivity index (χ0v) is 8.24. The molecule has 0 aromatic rings. The van der Waals surface area contributed by atoms with Crippen molar-refractivity contribution in [3.05, 3.63) is 0 Å². The largest absolute Gasteiger partial charge is 0.481 e. The van der Waals surface area contributed by atoms with Gasteiger partial charge in [0.25, 0.3) is 0 Å². The third kappa shape index (κ3) is 3.05. The van der Waals surface area contributed by atoms with Crippen LogP contribution >= 0.6 is 0 Å². The van der Waals surface area contributed by atoms with Crippen LogP contribution in [0.5, 0.6) is 0 Å². The summed E-state index contributed by atoms with van der Waals surface area (Å²) in [5, 5.41) is 8.81. The van der Waals surface area contributed by atoms with Crippen molar-refractivity contribution in [2.24, 2.45) is 11.8 Å². The molecule has 0 heterocycles. The first-order valence-corrected chi connectivity index (χ1v) is 4.39. The van der Waals surface area contributed by atoms with E-state index >= 15 is 0 Å². The molecule has 0 fully saturated rings. The maximum absolute atomic E-state index is 11.2. The van der Waals surface area contributed by atoms with E-state index in [1.807, 2.05) is 0 Å². The van der Waals surface area contributed by atoms with Crippen molar-refractivity contribution >= 4 is 11.9 Å². The molecule has 0 saturated carbocycles. The minimum Gasteiger partial charge on any atom is -0.481 e. The van der Waals surface area contributed by atoms with Gasteiger partial charge in [-0.05, 0) is 12.8 Å². The highest BCUT2D eigenvalue weighted by atomic mass is 16.5. The average Bonchev–Trinajstić information content (AvgIpc) is 2.12. The average molecular weight is 188 g/mol. The summed E-state index contributed by atoms with van der Waals surface area (Å²) < 4.78 is 4.53. The Balaban J connectivity index is 4.52. The highest BCUT2D eigenvalue weighted by Gasteiger charge is 2.31. The van der Waals surface area contributed by atoms with Gasteiger partial charge in [-0.1, -0.05) is 13.8 Å². The monoisotopic (exact) mass is 188 g/mol. The quantitative estimate of drug-likeness (QED) is 0.660. The van der Waals surface area contributed by atoms with Gasteiger partial charge >= 0.3 is 11.9 Å². The summed E-state index contributed by atoms with van der Waals surface area (Å²) in [6, 6.07) is 0. The van der Waals surface area contributed by atoms with E-state index in [2.05, 4.69) is 4.74 Å². The van der Waals surface area contributed by atoms with Crippen LogP contribution in [-0.2, 0) is 14.3 Å². The van der Waals surface area contributed by atoms with Gasteiger partial charge in [-0.2, -0.15) is 0 Å². The van der Waals surface area contributed by atoms with Crippen molar-refractivity contribution in [2.75, 3.05) is 7.11 Å². The van der Waals surface area contributed by atoms with E-state index in [4.69, 9.17) is 5.11 Å². The van der Waals surface area contributed by atoms with E-state index in [-0.39, 0.29) is 0 Å². The molecule has 0 rings (SSSR count). The lowest BCUT2D eigenvalue weighted by Crippen LogP contribution is -2.29. The van der Waals surface area contributed by atoms with Crippen LogP contribution in [0, 0.1) is 11.8 Å². The molecule has 0 unspecified atom stereocenters. The fourth-order valence-electron chi connectivity index (χ4n) is 1.40. The highest BCUT2D eigenvalue weighted by molar-refractivity contribution is 5.80. The van der Waals surface area contributed by atoms with Crippen molar-refractivity contribution in [3.63, 3.8) is 0 Å². The zero-order chi connectivity index (χ0) is 10.4. The molecule has 0 radical (unpaired) electrons. The topological polar surface area (TPSA) is 63.6 Å². The summed E-state index contributed by atoms with van der Waals surface area (Å²) >= 11 is 0. The first-order valence-electron chi connectivity index (χ1n) is 4.39. The van der Waals surface area contributed by atoms with Gasteiger partial charge in [0.2, 0.25) is 0 Å². The summed E-state index contributed by atoms with van der Waals surface area (Å²) in [4.78, 5) is 21.9. The fourth-order valence-corrected chi connectivity index (χ4v) is 1.40. The molecule has 4 heteroatoms. The van der Waals surface area contributed by atoms with Crippen LogP contribution in [0.3, 0.4) is 0 Å². The Labute approximate surface area is 77.9 Å². The Hall–Kier alpha value is -1.06. The van der Waals surface area contributed by atoms with Crippen molar-refractivity contribution in [3.8, 4) is 0 Å². The molecule has 76 valence electrons. The van der Waals surface area contributed by atoms with E-state index in [9.17, 15) is 9.59 Å². The predicted molar refractivity (Wildman–Crippen MR) is 47.2 cm³/mol. The number of rotatable bonds is 5. The predicted octanol–water partition coefficient (Wildman–Crippen LogP) is 1.30. The van der Waals surface area contributed by atoms with Gasteiger partial charge in [0, 0.05) is 0 Å². The van der Waals surface area contributed by atoms with Crippen LogP contribution in [0.2, 0.25) is 0 Å². The maximum atomic E-state index is 11.2.